The van der Waals surface area contributed by atoms with Crippen molar-refractivity contribution in [3.63, 3.8) is 0 Å². The molecule has 1 aliphatic rings. The Hall–Kier alpha value is -1.56. The van der Waals surface area contributed by atoms with Gasteiger partial charge in [-0.05, 0) is 12.8 Å². The van der Waals surface area contributed by atoms with Crippen LogP contribution in [-0.2, 0) is 7.05 Å². The summed E-state index contributed by atoms with van der Waals surface area (Å²) in [5.41, 5.74) is -0.101. The predicted molar refractivity (Wildman–Crippen MR) is 72.9 cm³/mol. The molecular weight excluding hydrogens is 244 g/mol. The summed E-state index contributed by atoms with van der Waals surface area (Å²) in [4.78, 5) is 11.7. The van der Waals surface area contributed by atoms with Gasteiger partial charge >= 0.3 is 6.03 Å². The average Bonchev–Trinajstić information content (AvgIpc) is 2.64. The van der Waals surface area contributed by atoms with E-state index in [1.807, 2.05) is 0 Å². The lowest BCUT2D eigenvalue weighted by molar-refractivity contribution is 0.0281. The molecule has 1 aliphatic carbocycles. The van der Waals surface area contributed by atoms with E-state index < -0.39 is 5.60 Å². The first kappa shape index (κ1) is 13.9. The van der Waals surface area contributed by atoms with Gasteiger partial charge in [0.25, 0.3) is 0 Å². The van der Waals surface area contributed by atoms with E-state index >= 15 is 0 Å². The molecule has 2 rings (SSSR count). The summed E-state index contributed by atoms with van der Waals surface area (Å²) in [7, 11) is 1.79. The van der Waals surface area contributed by atoms with Gasteiger partial charge in [0.2, 0.25) is 0 Å². The Kier molecular flexibility index (Phi) is 4.42. The van der Waals surface area contributed by atoms with Crippen molar-refractivity contribution >= 4 is 11.7 Å². The quantitative estimate of drug-likeness (QED) is 0.727. The fourth-order valence-electron chi connectivity index (χ4n) is 2.47. The Labute approximate surface area is 113 Å². The average molecular weight is 266 g/mol. The predicted octanol–water partition coefficient (Wildman–Crippen LogP) is 1.63. The van der Waals surface area contributed by atoms with Crippen molar-refractivity contribution in [3.05, 3.63) is 12.4 Å². The highest BCUT2D eigenvalue weighted by Crippen LogP contribution is 2.26. The van der Waals surface area contributed by atoms with Crippen LogP contribution in [-0.4, -0.2) is 33.1 Å². The fourth-order valence-corrected chi connectivity index (χ4v) is 2.47. The molecule has 1 fully saturated rings. The van der Waals surface area contributed by atoms with Gasteiger partial charge in [-0.3, -0.25) is 4.68 Å². The number of carbonyl (C=O) groups excluding carboxylic acids is 1. The third kappa shape index (κ3) is 4.24. The maximum atomic E-state index is 11.7. The number of aliphatic hydroxyl groups is 1. The monoisotopic (exact) mass is 266 g/mol. The summed E-state index contributed by atoms with van der Waals surface area (Å²) in [5.74, 6) is 0. The number of aromatic nitrogens is 2. The fraction of sp³-hybridized carbons (Fsp3) is 0.692. The van der Waals surface area contributed by atoms with E-state index in [0.29, 0.717) is 12.2 Å². The second-order valence-electron chi connectivity index (χ2n) is 5.35. The summed E-state index contributed by atoms with van der Waals surface area (Å²) >= 11 is 0. The number of nitrogens with one attached hydrogen (secondary N) is 2. The van der Waals surface area contributed by atoms with Crippen LogP contribution in [0.5, 0.6) is 0 Å². The van der Waals surface area contributed by atoms with Crippen LogP contribution in [0, 0.1) is 0 Å². The zero-order valence-electron chi connectivity index (χ0n) is 11.4. The second-order valence-corrected chi connectivity index (χ2v) is 5.35. The maximum Gasteiger partial charge on any atom is 0.319 e. The van der Waals surface area contributed by atoms with Crippen LogP contribution in [0.2, 0.25) is 0 Å². The van der Waals surface area contributed by atoms with Crippen molar-refractivity contribution in [2.75, 3.05) is 11.9 Å². The first-order chi connectivity index (χ1) is 9.07. The van der Waals surface area contributed by atoms with Gasteiger partial charge in [-0.1, -0.05) is 25.7 Å². The number of carbonyl (C=O) groups is 1. The van der Waals surface area contributed by atoms with Crippen molar-refractivity contribution in [1.82, 2.24) is 15.1 Å². The molecule has 106 valence electrons. The Balaban J connectivity index is 1.79. The van der Waals surface area contributed by atoms with Gasteiger partial charge in [0.05, 0.1) is 17.5 Å². The Morgan fingerprint density at radius 3 is 2.68 bits per heavy atom. The van der Waals surface area contributed by atoms with Gasteiger partial charge < -0.3 is 15.7 Å². The van der Waals surface area contributed by atoms with E-state index in [1.165, 1.54) is 12.8 Å². The highest BCUT2D eigenvalue weighted by molar-refractivity contribution is 5.88. The number of nitrogens with zero attached hydrogens (tertiary/aromatic N) is 2. The minimum Gasteiger partial charge on any atom is -0.388 e. The SMILES string of the molecule is Cn1cc(NC(=O)NCC2(O)CCCCCC2)cn1. The molecule has 0 radical (unpaired) electrons. The molecule has 0 bridgehead atoms. The lowest BCUT2D eigenvalue weighted by Gasteiger charge is -2.26. The van der Waals surface area contributed by atoms with Crippen LogP contribution < -0.4 is 10.6 Å². The molecule has 0 aromatic carbocycles. The first-order valence-electron chi connectivity index (χ1n) is 6.83. The van der Waals surface area contributed by atoms with Gasteiger partial charge in [0, 0.05) is 19.8 Å². The molecule has 1 heterocycles. The molecule has 0 unspecified atom stereocenters. The molecule has 2 amide bonds. The number of hydrogen-bond acceptors (Lipinski definition) is 3. The lowest BCUT2D eigenvalue weighted by Crippen LogP contribution is -2.44. The van der Waals surface area contributed by atoms with Crippen LogP contribution in [0.25, 0.3) is 0 Å². The highest BCUT2D eigenvalue weighted by atomic mass is 16.3. The molecule has 1 aromatic heterocycles. The molecule has 0 aliphatic heterocycles. The highest BCUT2D eigenvalue weighted by Gasteiger charge is 2.28. The number of rotatable bonds is 3. The number of aryl methyl sites for hydroxylation is 1. The summed E-state index contributed by atoms with van der Waals surface area (Å²) < 4.78 is 1.62. The van der Waals surface area contributed by atoms with Crippen molar-refractivity contribution < 1.29 is 9.90 Å². The molecule has 3 N–H and O–H groups in total. The largest absolute Gasteiger partial charge is 0.388 e. The first-order valence-corrected chi connectivity index (χ1v) is 6.83. The number of hydrogen-bond donors (Lipinski definition) is 3. The van der Waals surface area contributed by atoms with Crippen LogP contribution in [0.3, 0.4) is 0 Å². The molecular formula is C13H22N4O2. The van der Waals surface area contributed by atoms with Crippen molar-refractivity contribution in [1.29, 1.82) is 0 Å². The van der Waals surface area contributed by atoms with Gasteiger partial charge in [-0.25, -0.2) is 4.79 Å². The van der Waals surface area contributed by atoms with Gasteiger partial charge in [-0.15, -0.1) is 0 Å². The standard InChI is InChI=1S/C13H22N4O2/c1-17-9-11(8-15-17)16-12(18)14-10-13(19)6-4-2-3-5-7-13/h8-9,19H,2-7,10H2,1H3,(H2,14,16,18). The van der Waals surface area contributed by atoms with E-state index in [9.17, 15) is 9.90 Å². The minimum absolute atomic E-state index is 0.300. The topological polar surface area (TPSA) is 79.2 Å². The van der Waals surface area contributed by atoms with E-state index in [4.69, 9.17) is 0 Å². The number of urea groups is 1. The van der Waals surface area contributed by atoms with Crippen LogP contribution in [0.1, 0.15) is 38.5 Å². The molecule has 0 saturated heterocycles. The zero-order valence-corrected chi connectivity index (χ0v) is 11.4. The lowest BCUT2D eigenvalue weighted by atomic mass is 9.95. The number of amides is 2. The van der Waals surface area contributed by atoms with E-state index in [1.54, 1.807) is 24.1 Å². The molecule has 19 heavy (non-hydrogen) atoms. The van der Waals surface area contributed by atoms with Crippen molar-refractivity contribution in [2.24, 2.45) is 7.05 Å². The normalized spacial score (nSPS) is 18.6. The van der Waals surface area contributed by atoms with Gasteiger partial charge in [-0.2, -0.15) is 5.10 Å². The zero-order chi connectivity index (χ0) is 13.7. The molecule has 6 heteroatoms. The van der Waals surface area contributed by atoms with Crippen LogP contribution in [0.15, 0.2) is 12.4 Å². The smallest absolute Gasteiger partial charge is 0.319 e. The molecule has 0 atom stereocenters. The van der Waals surface area contributed by atoms with E-state index in [-0.39, 0.29) is 6.03 Å². The third-order valence-electron chi connectivity index (χ3n) is 3.58. The number of anilines is 1. The summed E-state index contributed by atoms with van der Waals surface area (Å²) in [6, 6.07) is -0.300. The van der Waals surface area contributed by atoms with Crippen molar-refractivity contribution in [3.8, 4) is 0 Å². The molecule has 1 aromatic rings. The van der Waals surface area contributed by atoms with Gasteiger partial charge in [0.1, 0.15) is 0 Å². The van der Waals surface area contributed by atoms with Crippen LogP contribution in [0.4, 0.5) is 10.5 Å². The van der Waals surface area contributed by atoms with Gasteiger partial charge in [0.15, 0.2) is 0 Å². The third-order valence-corrected chi connectivity index (χ3v) is 3.58. The van der Waals surface area contributed by atoms with Crippen molar-refractivity contribution in [2.45, 2.75) is 44.1 Å². The molecule has 6 nitrogen and oxygen atoms in total. The molecule has 0 spiro atoms. The Morgan fingerprint density at radius 2 is 2.11 bits per heavy atom. The minimum atomic E-state index is -0.747. The maximum absolute atomic E-state index is 11.7. The second kappa shape index (κ2) is 6.06. The van der Waals surface area contributed by atoms with E-state index in [2.05, 4.69) is 15.7 Å². The van der Waals surface area contributed by atoms with Crippen LogP contribution >= 0.6 is 0 Å². The molecule has 1 saturated carbocycles. The summed E-state index contributed by atoms with van der Waals surface area (Å²) in [6.45, 7) is 0.305. The summed E-state index contributed by atoms with van der Waals surface area (Å²) in [6.07, 6.45) is 9.24. The Bertz CT molecular complexity index is 422. The van der Waals surface area contributed by atoms with E-state index in [0.717, 1.165) is 25.7 Å². The Morgan fingerprint density at radius 1 is 1.42 bits per heavy atom. The summed E-state index contributed by atoms with van der Waals surface area (Å²) in [5, 5.41) is 19.8.